The van der Waals surface area contributed by atoms with Gasteiger partial charge in [0, 0.05) is 24.5 Å². The van der Waals surface area contributed by atoms with Crippen molar-refractivity contribution in [3.05, 3.63) is 54.6 Å². The van der Waals surface area contributed by atoms with E-state index in [0.29, 0.717) is 11.4 Å². The lowest BCUT2D eigenvalue weighted by Gasteiger charge is -2.29. The molecule has 0 bridgehead atoms. The molecule has 1 fully saturated rings. The first-order valence-corrected chi connectivity index (χ1v) is 11.0. The van der Waals surface area contributed by atoms with Gasteiger partial charge in [-0.15, -0.1) is 0 Å². The Morgan fingerprint density at radius 1 is 1.00 bits per heavy atom. The third-order valence-corrected chi connectivity index (χ3v) is 5.74. The minimum Gasteiger partial charge on any atom is -0.372 e. The second kappa shape index (κ2) is 8.43. The van der Waals surface area contributed by atoms with E-state index in [1.54, 1.807) is 24.3 Å². The highest BCUT2D eigenvalue weighted by Crippen LogP contribution is 2.25. The number of nitrogens with zero attached hydrogens (tertiary/aromatic N) is 2. The first-order chi connectivity index (χ1) is 12.9. The summed E-state index contributed by atoms with van der Waals surface area (Å²) in [5.74, 6) is -0.383. The average Bonchev–Trinajstić information content (AvgIpc) is 2.67. The number of benzene rings is 2. The molecule has 2 aromatic carbocycles. The monoisotopic (exact) mass is 387 g/mol. The minimum absolute atomic E-state index is 0.267. The summed E-state index contributed by atoms with van der Waals surface area (Å²) in [5.41, 5.74) is 2.21. The van der Waals surface area contributed by atoms with Gasteiger partial charge < -0.3 is 10.2 Å². The normalized spacial score (nSPS) is 14.6. The lowest BCUT2D eigenvalue weighted by atomic mass is 10.1. The van der Waals surface area contributed by atoms with Crippen LogP contribution >= 0.6 is 0 Å². The Balaban J connectivity index is 1.73. The number of piperidine rings is 1. The summed E-state index contributed by atoms with van der Waals surface area (Å²) in [6, 6.07) is 16.4. The zero-order valence-corrected chi connectivity index (χ0v) is 16.3. The number of hydrogen-bond donors (Lipinski definition) is 1. The van der Waals surface area contributed by atoms with Crippen LogP contribution in [0.5, 0.6) is 0 Å². The second-order valence-electron chi connectivity index (χ2n) is 6.75. The van der Waals surface area contributed by atoms with Crippen LogP contribution in [0.1, 0.15) is 19.3 Å². The standard InChI is InChI=1S/C20H25N3O3S/c1-27(25,26)23(16-20(24)21-17-8-4-2-5-9-17)19-12-10-18(11-13-19)22-14-6-3-7-15-22/h2,4-5,8-13H,3,6-7,14-16H2,1H3,(H,21,24). The van der Waals surface area contributed by atoms with Crippen LogP contribution in [0.4, 0.5) is 17.1 Å². The van der Waals surface area contributed by atoms with E-state index in [1.165, 1.54) is 19.3 Å². The Hall–Kier alpha value is -2.54. The van der Waals surface area contributed by atoms with E-state index in [9.17, 15) is 13.2 Å². The molecular weight excluding hydrogens is 362 g/mol. The van der Waals surface area contributed by atoms with Crippen molar-refractivity contribution in [3.63, 3.8) is 0 Å². The Morgan fingerprint density at radius 3 is 2.22 bits per heavy atom. The van der Waals surface area contributed by atoms with Gasteiger partial charge in [0.1, 0.15) is 6.54 Å². The smallest absolute Gasteiger partial charge is 0.245 e. The maximum absolute atomic E-state index is 12.3. The van der Waals surface area contributed by atoms with Crippen LogP contribution in [0, 0.1) is 0 Å². The quantitative estimate of drug-likeness (QED) is 0.827. The fraction of sp³-hybridized carbons (Fsp3) is 0.350. The number of amides is 1. The van der Waals surface area contributed by atoms with Crippen LogP contribution in [0.2, 0.25) is 0 Å². The lowest BCUT2D eigenvalue weighted by molar-refractivity contribution is -0.114. The van der Waals surface area contributed by atoms with Gasteiger partial charge in [0.2, 0.25) is 15.9 Å². The third kappa shape index (κ3) is 5.23. The molecule has 0 aromatic heterocycles. The molecule has 0 spiro atoms. The maximum Gasteiger partial charge on any atom is 0.245 e. The summed E-state index contributed by atoms with van der Waals surface area (Å²) in [5, 5.41) is 2.72. The van der Waals surface area contributed by atoms with Gasteiger partial charge in [0.25, 0.3) is 0 Å². The zero-order chi connectivity index (χ0) is 19.3. The fourth-order valence-corrected chi connectivity index (χ4v) is 4.09. The highest BCUT2D eigenvalue weighted by atomic mass is 32.2. The van der Waals surface area contributed by atoms with E-state index in [2.05, 4.69) is 10.2 Å². The van der Waals surface area contributed by atoms with E-state index >= 15 is 0 Å². The summed E-state index contributed by atoms with van der Waals surface area (Å²) in [4.78, 5) is 14.6. The highest BCUT2D eigenvalue weighted by molar-refractivity contribution is 7.92. The van der Waals surface area contributed by atoms with Crippen molar-refractivity contribution in [2.75, 3.05) is 40.4 Å². The first kappa shape index (κ1) is 19.2. The molecule has 6 nitrogen and oxygen atoms in total. The van der Waals surface area contributed by atoms with Gasteiger partial charge in [-0.2, -0.15) is 0 Å². The molecule has 144 valence electrons. The maximum atomic E-state index is 12.3. The molecule has 1 heterocycles. The van der Waals surface area contributed by atoms with Crippen molar-refractivity contribution < 1.29 is 13.2 Å². The predicted octanol–water partition coefficient (Wildman–Crippen LogP) is 3.08. The summed E-state index contributed by atoms with van der Waals surface area (Å²) >= 11 is 0. The van der Waals surface area contributed by atoms with Crippen molar-refractivity contribution in [3.8, 4) is 0 Å². The minimum atomic E-state index is -3.58. The van der Waals surface area contributed by atoms with Crippen LogP contribution in [-0.4, -0.2) is 40.2 Å². The number of nitrogens with one attached hydrogen (secondary N) is 1. The van der Waals surface area contributed by atoms with E-state index in [4.69, 9.17) is 0 Å². The second-order valence-corrected chi connectivity index (χ2v) is 8.65. The lowest BCUT2D eigenvalue weighted by Crippen LogP contribution is -2.37. The van der Waals surface area contributed by atoms with Gasteiger partial charge in [-0.25, -0.2) is 8.42 Å². The number of rotatable bonds is 6. The van der Waals surface area contributed by atoms with Gasteiger partial charge in [-0.1, -0.05) is 18.2 Å². The summed E-state index contributed by atoms with van der Waals surface area (Å²) in [6.07, 6.45) is 4.72. The number of carbonyl (C=O) groups is 1. The van der Waals surface area contributed by atoms with Gasteiger partial charge in [-0.05, 0) is 55.7 Å². The number of hydrogen-bond acceptors (Lipinski definition) is 4. The van der Waals surface area contributed by atoms with E-state index in [0.717, 1.165) is 29.3 Å². The molecule has 1 saturated heterocycles. The van der Waals surface area contributed by atoms with Crippen molar-refractivity contribution in [2.24, 2.45) is 0 Å². The Labute approximate surface area is 160 Å². The molecule has 3 rings (SSSR count). The molecule has 1 N–H and O–H groups in total. The van der Waals surface area contributed by atoms with Crippen LogP contribution in [0.25, 0.3) is 0 Å². The largest absolute Gasteiger partial charge is 0.372 e. The van der Waals surface area contributed by atoms with Gasteiger partial charge in [-0.3, -0.25) is 9.10 Å². The molecule has 7 heteroatoms. The average molecular weight is 388 g/mol. The summed E-state index contributed by atoms with van der Waals surface area (Å²) < 4.78 is 25.6. The van der Waals surface area contributed by atoms with E-state index < -0.39 is 10.0 Å². The molecular formula is C20H25N3O3S. The molecule has 27 heavy (non-hydrogen) atoms. The molecule has 0 radical (unpaired) electrons. The van der Waals surface area contributed by atoms with Gasteiger partial charge in [0.15, 0.2) is 0 Å². The Bertz CT molecular complexity index is 861. The molecule has 0 aliphatic carbocycles. The van der Waals surface area contributed by atoms with E-state index in [-0.39, 0.29) is 12.5 Å². The molecule has 1 amide bonds. The van der Waals surface area contributed by atoms with Gasteiger partial charge >= 0.3 is 0 Å². The van der Waals surface area contributed by atoms with Crippen molar-refractivity contribution in [1.29, 1.82) is 0 Å². The molecule has 0 atom stereocenters. The zero-order valence-electron chi connectivity index (χ0n) is 15.5. The topological polar surface area (TPSA) is 69.7 Å². The van der Waals surface area contributed by atoms with Crippen molar-refractivity contribution in [2.45, 2.75) is 19.3 Å². The van der Waals surface area contributed by atoms with E-state index in [1.807, 2.05) is 30.3 Å². The molecule has 2 aromatic rings. The number of anilines is 3. The Morgan fingerprint density at radius 2 is 1.63 bits per heavy atom. The third-order valence-electron chi connectivity index (χ3n) is 4.60. The van der Waals surface area contributed by atoms with Crippen LogP contribution < -0.4 is 14.5 Å². The molecule has 1 aliphatic heterocycles. The molecule has 0 saturated carbocycles. The van der Waals surface area contributed by atoms with Crippen LogP contribution in [0.15, 0.2) is 54.6 Å². The Kier molecular flexibility index (Phi) is 6.01. The summed E-state index contributed by atoms with van der Waals surface area (Å²) in [7, 11) is -3.58. The number of para-hydroxylation sites is 1. The number of carbonyl (C=O) groups excluding carboxylic acids is 1. The van der Waals surface area contributed by atoms with Crippen molar-refractivity contribution in [1.82, 2.24) is 0 Å². The SMILES string of the molecule is CS(=O)(=O)N(CC(=O)Nc1ccccc1)c1ccc(N2CCCCC2)cc1. The molecule has 0 unspecified atom stereocenters. The van der Waals surface area contributed by atoms with Crippen LogP contribution in [-0.2, 0) is 14.8 Å². The van der Waals surface area contributed by atoms with Gasteiger partial charge in [0.05, 0.1) is 11.9 Å². The van der Waals surface area contributed by atoms with Crippen LogP contribution in [0.3, 0.4) is 0 Å². The molecule has 1 aliphatic rings. The first-order valence-electron chi connectivity index (χ1n) is 9.11. The predicted molar refractivity (Wildman–Crippen MR) is 110 cm³/mol. The number of sulfonamides is 1. The highest BCUT2D eigenvalue weighted by Gasteiger charge is 2.21. The summed E-state index contributed by atoms with van der Waals surface area (Å²) in [6.45, 7) is 1.78. The fourth-order valence-electron chi connectivity index (χ4n) is 3.23. The van der Waals surface area contributed by atoms with Crippen molar-refractivity contribution >= 4 is 33.0 Å².